The first kappa shape index (κ1) is 9.60. The van der Waals surface area contributed by atoms with Crippen molar-refractivity contribution >= 4 is 16.5 Å². The molecule has 2 bridgehead atoms. The number of hydrogen-bond acceptors (Lipinski definition) is 4. The van der Waals surface area contributed by atoms with E-state index in [2.05, 4.69) is 27.6 Å². The zero-order chi connectivity index (χ0) is 10.3. The van der Waals surface area contributed by atoms with Gasteiger partial charge in [-0.3, -0.25) is 0 Å². The summed E-state index contributed by atoms with van der Waals surface area (Å²) in [5.74, 6) is 0. The molecule has 0 radical (unpaired) electrons. The quantitative estimate of drug-likeness (QED) is 0.829. The molecule has 2 atom stereocenters. The van der Waals surface area contributed by atoms with Gasteiger partial charge in [-0.1, -0.05) is 0 Å². The van der Waals surface area contributed by atoms with Crippen LogP contribution < -0.4 is 10.2 Å². The summed E-state index contributed by atoms with van der Waals surface area (Å²) in [7, 11) is 2.19. The smallest absolute Gasteiger partial charge is 0.185 e. The number of aromatic nitrogens is 1. The van der Waals surface area contributed by atoms with Gasteiger partial charge in [0.05, 0.1) is 0 Å². The Bertz CT molecular complexity index is 313. The summed E-state index contributed by atoms with van der Waals surface area (Å²) in [6, 6.07) is 2.21. The first-order valence-electron chi connectivity index (χ1n) is 5.71. The molecule has 0 saturated carbocycles. The van der Waals surface area contributed by atoms with E-state index >= 15 is 0 Å². The summed E-state index contributed by atoms with van der Waals surface area (Å²) in [4.78, 5) is 6.76. The number of nitrogens with one attached hydrogen (secondary N) is 1. The molecular formula is C11H17N3S. The maximum Gasteiger partial charge on any atom is 0.185 e. The first-order chi connectivity index (χ1) is 7.33. The Kier molecular flexibility index (Phi) is 2.41. The summed E-state index contributed by atoms with van der Waals surface area (Å²) in [6.45, 7) is 0. The van der Waals surface area contributed by atoms with Crippen LogP contribution in [0.3, 0.4) is 0 Å². The van der Waals surface area contributed by atoms with Gasteiger partial charge in [-0.25, -0.2) is 4.98 Å². The fraction of sp³-hybridized carbons (Fsp3) is 0.727. The summed E-state index contributed by atoms with van der Waals surface area (Å²) in [5.41, 5.74) is 0. The highest BCUT2D eigenvalue weighted by Crippen LogP contribution is 2.31. The van der Waals surface area contributed by atoms with Crippen molar-refractivity contribution in [2.24, 2.45) is 0 Å². The highest BCUT2D eigenvalue weighted by Gasteiger charge is 2.35. The van der Waals surface area contributed by atoms with Crippen molar-refractivity contribution in [3.05, 3.63) is 11.6 Å². The Labute approximate surface area is 94.5 Å². The topological polar surface area (TPSA) is 28.2 Å². The van der Waals surface area contributed by atoms with Gasteiger partial charge >= 0.3 is 0 Å². The number of fused-ring (bicyclic) bond motifs is 2. The zero-order valence-corrected chi connectivity index (χ0v) is 9.83. The van der Waals surface area contributed by atoms with Crippen LogP contribution in [0.5, 0.6) is 0 Å². The number of rotatable bonds is 2. The van der Waals surface area contributed by atoms with E-state index in [1.165, 1.54) is 30.8 Å². The van der Waals surface area contributed by atoms with Gasteiger partial charge < -0.3 is 10.2 Å². The number of hydrogen-bond donors (Lipinski definition) is 1. The maximum absolute atomic E-state index is 4.39. The minimum absolute atomic E-state index is 0.690. The van der Waals surface area contributed by atoms with E-state index in [-0.39, 0.29) is 0 Å². The number of piperidine rings is 1. The fourth-order valence-electron chi connectivity index (χ4n) is 2.89. The molecular weight excluding hydrogens is 206 g/mol. The molecule has 0 spiro atoms. The summed E-state index contributed by atoms with van der Waals surface area (Å²) in [5, 5.41) is 6.90. The van der Waals surface area contributed by atoms with Gasteiger partial charge in [0.1, 0.15) is 0 Å². The molecule has 2 aliphatic rings. The lowest BCUT2D eigenvalue weighted by molar-refractivity contribution is 0.354. The van der Waals surface area contributed by atoms with E-state index < -0.39 is 0 Å². The molecule has 15 heavy (non-hydrogen) atoms. The normalized spacial score (nSPS) is 34.3. The van der Waals surface area contributed by atoms with Gasteiger partial charge in [-0.15, -0.1) is 11.3 Å². The third kappa shape index (κ3) is 1.76. The molecule has 3 nitrogen and oxygen atoms in total. The van der Waals surface area contributed by atoms with E-state index in [1.807, 2.05) is 6.20 Å². The molecule has 4 heteroatoms. The van der Waals surface area contributed by atoms with Crippen molar-refractivity contribution in [2.75, 3.05) is 11.9 Å². The van der Waals surface area contributed by atoms with E-state index in [0.29, 0.717) is 6.04 Å². The predicted octanol–water partition coefficient (Wildman–Crippen LogP) is 1.86. The average Bonchev–Trinajstić information content (AvgIpc) is 2.87. The highest BCUT2D eigenvalue weighted by molar-refractivity contribution is 7.13. The second-order valence-corrected chi connectivity index (χ2v) is 5.56. The van der Waals surface area contributed by atoms with Gasteiger partial charge in [-0.2, -0.15) is 0 Å². The summed E-state index contributed by atoms with van der Waals surface area (Å²) in [6.07, 6.45) is 7.20. The lowest BCUT2D eigenvalue weighted by atomic mass is 9.99. The van der Waals surface area contributed by atoms with Gasteiger partial charge in [0.2, 0.25) is 0 Å². The van der Waals surface area contributed by atoms with Crippen molar-refractivity contribution < 1.29 is 0 Å². The largest absolute Gasteiger partial charge is 0.348 e. The number of anilines is 1. The van der Waals surface area contributed by atoms with Crippen LogP contribution in [0.1, 0.15) is 25.7 Å². The monoisotopic (exact) mass is 223 g/mol. The van der Waals surface area contributed by atoms with Crippen LogP contribution in [0.2, 0.25) is 0 Å². The van der Waals surface area contributed by atoms with Gasteiger partial charge in [-0.05, 0) is 25.7 Å². The number of thiazole rings is 1. The van der Waals surface area contributed by atoms with E-state index in [1.54, 1.807) is 11.3 Å². The third-order valence-electron chi connectivity index (χ3n) is 3.72. The van der Waals surface area contributed by atoms with Crippen LogP contribution in [0.4, 0.5) is 5.13 Å². The van der Waals surface area contributed by atoms with Crippen molar-refractivity contribution in [3.8, 4) is 0 Å². The van der Waals surface area contributed by atoms with Gasteiger partial charge in [0, 0.05) is 36.8 Å². The molecule has 2 aliphatic heterocycles. The van der Waals surface area contributed by atoms with Crippen LogP contribution in [-0.2, 0) is 0 Å². The highest BCUT2D eigenvalue weighted by atomic mass is 32.1. The lowest BCUT2D eigenvalue weighted by Gasteiger charge is -2.35. The second kappa shape index (κ2) is 3.76. The average molecular weight is 223 g/mol. The van der Waals surface area contributed by atoms with Gasteiger partial charge in [0.15, 0.2) is 5.13 Å². The second-order valence-electron chi connectivity index (χ2n) is 4.69. The lowest BCUT2D eigenvalue weighted by Crippen LogP contribution is -2.47. The zero-order valence-electron chi connectivity index (χ0n) is 9.02. The molecule has 3 heterocycles. The number of nitrogens with zero attached hydrogens (tertiary/aromatic N) is 2. The van der Waals surface area contributed by atoms with Crippen LogP contribution in [-0.4, -0.2) is 30.2 Å². The molecule has 1 N–H and O–H groups in total. The minimum Gasteiger partial charge on any atom is -0.348 e. The molecule has 2 fully saturated rings. The van der Waals surface area contributed by atoms with Crippen molar-refractivity contribution in [1.29, 1.82) is 0 Å². The summed E-state index contributed by atoms with van der Waals surface area (Å²) < 4.78 is 0. The van der Waals surface area contributed by atoms with Crippen molar-refractivity contribution in [2.45, 2.75) is 43.8 Å². The first-order valence-corrected chi connectivity index (χ1v) is 6.59. The molecule has 3 rings (SSSR count). The Morgan fingerprint density at radius 1 is 1.40 bits per heavy atom. The Morgan fingerprint density at radius 3 is 2.73 bits per heavy atom. The van der Waals surface area contributed by atoms with Crippen LogP contribution in [0, 0.1) is 0 Å². The van der Waals surface area contributed by atoms with E-state index in [9.17, 15) is 0 Å². The van der Waals surface area contributed by atoms with Crippen LogP contribution >= 0.6 is 11.3 Å². The Hall–Kier alpha value is -0.610. The Morgan fingerprint density at radius 2 is 2.13 bits per heavy atom. The van der Waals surface area contributed by atoms with Gasteiger partial charge in [0.25, 0.3) is 0 Å². The maximum atomic E-state index is 4.39. The van der Waals surface area contributed by atoms with Crippen LogP contribution in [0.25, 0.3) is 0 Å². The van der Waals surface area contributed by atoms with Crippen LogP contribution in [0.15, 0.2) is 11.6 Å². The Balaban J connectivity index is 1.72. The molecule has 1 aromatic rings. The molecule has 0 aliphatic carbocycles. The molecule has 2 saturated heterocycles. The van der Waals surface area contributed by atoms with Crippen molar-refractivity contribution in [1.82, 2.24) is 10.3 Å². The fourth-order valence-corrected chi connectivity index (χ4v) is 3.57. The SMILES string of the molecule is CN(c1nccs1)C1CC2CCC(C1)N2. The molecule has 2 unspecified atom stereocenters. The van der Waals surface area contributed by atoms with Crippen molar-refractivity contribution in [3.63, 3.8) is 0 Å². The predicted molar refractivity (Wildman–Crippen MR) is 63.5 cm³/mol. The molecule has 82 valence electrons. The van der Waals surface area contributed by atoms with E-state index in [0.717, 1.165) is 12.1 Å². The van der Waals surface area contributed by atoms with E-state index in [4.69, 9.17) is 0 Å². The standard InChI is InChI=1S/C11H17N3S/c1-14(11-12-4-5-15-11)10-6-8-2-3-9(7-10)13-8/h4-5,8-10,13H,2-3,6-7H2,1H3. The molecule has 1 aromatic heterocycles. The minimum atomic E-state index is 0.690. The molecule has 0 aromatic carbocycles. The summed E-state index contributed by atoms with van der Waals surface area (Å²) >= 11 is 1.74. The third-order valence-corrected chi connectivity index (χ3v) is 4.58. The molecule has 0 amide bonds.